The van der Waals surface area contributed by atoms with Crippen LogP contribution in [0.2, 0.25) is 0 Å². The Bertz CT molecular complexity index is 1260. The van der Waals surface area contributed by atoms with Crippen LogP contribution in [-0.4, -0.2) is 84.0 Å². The summed E-state index contributed by atoms with van der Waals surface area (Å²) in [7, 11) is 3.33. The van der Waals surface area contributed by atoms with Crippen LogP contribution in [0.15, 0.2) is 41.1 Å². The number of pyridine rings is 1. The van der Waals surface area contributed by atoms with E-state index in [1.54, 1.807) is 48.1 Å². The zero-order valence-electron chi connectivity index (χ0n) is 18.0. The lowest BCUT2D eigenvalue weighted by Crippen LogP contribution is -2.36. The molecule has 0 unspecified atom stereocenters. The van der Waals surface area contributed by atoms with E-state index in [2.05, 4.69) is 20.0 Å². The second-order valence-electron chi connectivity index (χ2n) is 7.61. The SMILES string of the molecule is COCCN(C)C(=O)c1ccc2ncc(-c3cc4c(N5CCOCC5)ccnc4o3)n2n1. The van der Waals surface area contributed by atoms with Gasteiger partial charge in [-0.15, -0.1) is 0 Å². The van der Waals surface area contributed by atoms with Crippen molar-refractivity contribution in [3.63, 3.8) is 0 Å². The number of carbonyl (C=O) groups is 1. The number of aromatic nitrogens is 4. The normalized spacial score (nSPS) is 14.4. The molecule has 1 aliphatic heterocycles. The summed E-state index contributed by atoms with van der Waals surface area (Å²) in [6.45, 7) is 3.96. The second kappa shape index (κ2) is 8.56. The number of furan rings is 1. The maximum atomic E-state index is 12.7. The van der Waals surface area contributed by atoms with Gasteiger partial charge in [0.1, 0.15) is 11.4 Å². The third-order valence-electron chi connectivity index (χ3n) is 5.58. The average molecular weight is 436 g/mol. The van der Waals surface area contributed by atoms with Gasteiger partial charge in [-0.25, -0.2) is 14.5 Å². The van der Waals surface area contributed by atoms with Gasteiger partial charge in [-0.2, -0.15) is 5.10 Å². The molecule has 1 fully saturated rings. The molecule has 10 nitrogen and oxygen atoms in total. The Morgan fingerprint density at radius 3 is 2.88 bits per heavy atom. The smallest absolute Gasteiger partial charge is 0.274 e. The van der Waals surface area contributed by atoms with Crippen molar-refractivity contribution in [2.75, 3.05) is 58.5 Å². The van der Waals surface area contributed by atoms with Crippen LogP contribution in [0.5, 0.6) is 0 Å². The summed E-state index contributed by atoms with van der Waals surface area (Å²) in [6.07, 6.45) is 3.44. The molecule has 0 aliphatic carbocycles. The van der Waals surface area contributed by atoms with Crippen LogP contribution in [0.1, 0.15) is 10.5 Å². The zero-order chi connectivity index (χ0) is 22.1. The first-order valence-electron chi connectivity index (χ1n) is 10.5. The van der Waals surface area contributed by atoms with Gasteiger partial charge >= 0.3 is 0 Å². The highest BCUT2D eigenvalue weighted by atomic mass is 16.5. The molecule has 5 rings (SSSR count). The molecule has 4 aromatic heterocycles. The molecule has 0 N–H and O–H groups in total. The summed E-state index contributed by atoms with van der Waals surface area (Å²) in [5.74, 6) is 0.398. The van der Waals surface area contributed by atoms with Crippen LogP contribution in [0.4, 0.5) is 5.69 Å². The van der Waals surface area contributed by atoms with Crippen molar-refractivity contribution < 1.29 is 18.7 Å². The number of nitrogens with zero attached hydrogens (tertiary/aromatic N) is 6. The quantitative estimate of drug-likeness (QED) is 0.453. The molecule has 32 heavy (non-hydrogen) atoms. The van der Waals surface area contributed by atoms with Gasteiger partial charge in [0.2, 0.25) is 5.71 Å². The molecule has 10 heteroatoms. The second-order valence-corrected chi connectivity index (χ2v) is 7.61. The van der Waals surface area contributed by atoms with Crippen LogP contribution in [0.25, 0.3) is 28.2 Å². The monoisotopic (exact) mass is 436 g/mol. The van der Waals surface area contributed by atoms with Crippen LogP contribution in [0, 0.1) is 0 Å². The van der Waals surface area contributed by atoms with Crippen LogP contribution < -0.4 is 4.90 Å². The molecule has 0 radical (unpaired) electrons. The Kier molecular flexibility index (Phi) is 5.46. The Morgan fingerprint density at radius 1 is 1.22 bits per heavy atom. The molecule has 0 bridgehead atoms. The lowest BCUT2D eigenvalue weighted by molar-refractivity contribution is 0.0737. The Morgan fingerprint density at radius 2 is 2.06 bits per heavy atom. The fourth-order valence-corrected chi connectivity index (χ4v) is 3.81. The Labute approximate surface area is 184 Å². The number of hydrogen-bond acceptors (Lipinski definition) is 8. The number of amides is 1. The van der Waals surface area contributed by atoms with Gasteiger partial charge in [0.05, 0.1) is 37.1 Å². The molecule has 5 heterocycles. The molecule has 1 saturated heterocycles. The van der Waals surface area contributed by atoms with Crippen LogP contribution in [-0.2, 0) is 9.47 Å². The molecule has 1 aliphatic rings. The fraction of sp³-hybridized carbons (Fsp3) is 0.364. The van der Waals surface area contributed by atoms with E-state index in [-0.39, 0.29) is 5.91 Å². The molecular weight excluding hydrogens is 412 g/mol. The minimum absolute atomic E-state index is 0.190. The lowest BCUT2D eigenvalue weighted by Gasteiger charge is -2.29. The van der Waals surface area contributed by atoms with Crippen molar-refractivity contribution in [3.05, 3.63) is 42.4 Å². The van der Waals surface area contributed by atoms with E-state index >= 15 is 0 Å². The van der Waals surface area contributed by atoms with E-state index in [1.807, 2.05) is 12.1 Å². The first-order valence-corrected chi connectivity index (χ1v) is 10.5. The van der Waals surface area contributed by atoms with Crippen molar-refractivity contribution in [2.24, 2.45) is 0 Å². The minimum Gasteiger partial charge on any atom is -0.436 e. The zero-order valence-corrected chi connectivity index (χ0v) is 18.0. The Hall–Kier alpha value is -3.50. The number of rotatable bonds is 6. The van der Waals surface area contributed by atoms with Crippen molar-refractivity contribution in [2.45, 2.75) is 0 Å². The van der Waals surface area contributed by atoms with E-state index < -0.39 is 0 Å². The van der Waals surface area contributed by atoms with Crippen molar-refractivity contribution in [3.8, 4) is 11.5 Å². The van der Waals surface area contributed by atoms with Crippen molar-refractivity contribution in [1.82, 2.24) is 24.5 Å². The van der Waals surface area contributed by atoms with E-state index in [0.717, 1.165) is 24.2 Å². The maximum absolute atomic E-state index is 12.7. The number of imidazole rings is 1. The molecular formula is C22H24N6O4. The average Bonchev–Trinajstić information content (AvgIpc) is 3.45. The van der Waals surface area contributed by atoms with Gasteiger partial charge < -0.3 is 23.7 Å². The third kappa shape index (κ3) is 3.67. The van der Waals surface area contributed by atoms with Gasteiger partial charge in [-0.05, 0) is 24.3 Å². The first kappa shape index (κ1) is 20.4. The number of fused-ring (bicyclic) bond motifs is 2. The molecule has 1 amide bonds. The molecule has 0 aromatic carbocycles. The van der Waals surface area contributed by atoms with Gasteiger partial charge in [0.15, 0.2) is 11.4 Å². The molecule has 4 aromatic rings. The first-order chi connectivity index (χ1) is 15.7. The fourth-order valence-electron chi connectivity index (χ4n) is 3.81. The summed E-state index contributed by atoms with van der Waals surface area (Å²) in [5.41, 5.74) is 3.20. The largest absolute Gasteiger partial charge is 0.436 e. The molecule has 0 atom stereocenters. The topological polar surface area (TPSA) is 98.2 Å². The van der Waals surface area contributed by atoms with Gasteiger partial charge in [-0.1, -0.05) is 0 Å². The van der Waals surface area contributed by atoms with Crippen LogP contribution >= 0.6 is 0 Å². The summed E-state index contributed by atoms with van der Waals surface area (Å²) < 4.78 is 18.2. The molecule has 0 spiro atoms. The molecule has 166 valence electrons. The highest BCUT2D eigenvalue weighted by molar-refractivity contribution is 5.93. The standard InChI is InChI=1S/C22H24N6O4/c1-26(7-10-30-2)22(29)16-3-4-20-24-14-18(28(20)25-16)19-13-15-17(5-6-23-21(15)32-19)27-8-11-31-12-9-27/h3-6,13-14H,7-12H2,1-2H3. The van der Waals surface area contributed by atoms with E-state index in [0.29, 0.717) is 54.9 Å². The predicted octanol–water partition coefficient (Wildman–Crippen LogP) is 2.09. The highest BCUT2D eigenvalue weighted by Crippen LogP contribution is 2.33. The number of hydrogen-bond donors (Lipinski definition) is 0. The Balaban J connectivity index is 1.52. The summed E-state index contributed by atoms with van der Waals surface area (Å²) in [6, 6.07) is 7.40. The summed E-state index contributed by atoms with van der Waals surface area (Å²) >= 11 is 0. The number of ether oxygens (including phenoxy) is 2. The third-order valence-corrected chi connectivity index (χ3v) is 5.58. The van der Waals surface area contributed by atoms with Gasteiger partial charge in [0.25, 0.3) is 5.91 Å². The molecule has 0 saturated carbocycles. The minimum atomic E-state index is -0.190. The van der Waals surface area contributed by atoms with E-state index in [1.165, 1.54) is 0 Å². The number of anilines is 1. The highest BCUT2D eigenvalue weighted by Gasteiger charge is 2.20. The van der Waals surface area contributed by atoms with Crippen molar-refractivity contribution in [1.29, 1.82) is 0 Å². The number of methoxy groups -OCH3 is 1. The lowest BCUT2D eigenvalue weighted by atomic mass is 10.2. The van der Waals surface area contributed by atoms with Gasteiger partial charge in [-0.3, -0.25) is 4.79 Å². The summed E-state index contributed by atoms with van der Waals surface area (Å²) in [5, 5.41) is 5.46. The summed E-state index contributed by atoms with van der Waals surface area (Å²) in [4.78, 5) is 25.4. The van der Waals surface area contributed by atoms with Gasteiger partial charge in [0, 0.05) is 40.0 Å². The van der Waals surface area contributed by atoms with E-state index in [9.17, 15) is 4.79 Å². The number of carbonyl (C=O) groups excluding carboxylic acids is 1. The van der Waals surface area contributed by atoms with E-state index in [4.69, 9.17) is 13.9 Å². The predicted molar refractivity (Wildman–Crippen MR) is 118 cm³/mol. The van der Waals surface area contributed by atoms with Crippen LogP contribution in [0.3, 0.4) is 0 Å². The number of morpholine rings is 1. The number of likely N-dealkylation sites (N-methyl/N-ethyl adjacent to an activating group) is 1. The van der Waals surface area contributed by atoms with Crippen molar-refractivity contribution >= 4 is 28.3 Å². The maximum Gasteiger partial charge on any atom is 0.274 e.